The maximum Gasteiger partial charge on any atom is 0.131 e. The van der Waals surface area contributed by atoms with Crippen LogP contribution in [0.15, 0.2) is 0 Å². The molecule has 0 saturated carbocycles. The zero-order chi connectivity index (χ0) is 10.3. The van der Waals surface area contributed by atoms with Gasteiger partial charge in [-0.3, -0.25) is 9.00 Å². The zero-order valence-electron chi connectivity index (χ0n) is 8.54. The average Bonchev–Trinajstić information content (AvgIpc) is 2.03. The van der Waals surface area contributed by atoms with Crippen molar-refractivity contribution in [3.63, 3.8) is 0 Å². The maximum atomic E-state index is 11.5. The van der Waals surface area contributed by atoms with E-state index < -0.39 is 10.8 Å². The normalized spacial score (nSPS) is 15.3. The number of carbonyl (C=O) groups excluding carboxylic acids is 1. The molecule has 3 nitrogen and oxygen atoms in total. The van der Waals surface area contributed by atoms with Gasteiger partial charge in [0.05, 0.1) is 0 Å². The van der Waals surface area contributed by atoms with Gasteiger partial charge in [0.1, 0.15) is 5.78 Å². The standard InChI is InChI=1S/C9H18O3S/c1-8(10)7-9(2)13(11)6-4-5-12-3/h9H,4-7H2,1-3H3. The minimum absolute atomic E-state index is 0.0191. The third-order valence-electron chi connectivity index (χ3n) is 1.72. The molecule has 2 unspecified atom stereocenters. The SMILES string of the molecule is COCCCS(=O)C(C)CC(C)=O. The van der Waals surface area contributed by atoms with Gasteiger partial charge in [-0.25, -0.2) is 0 Å². The Morgan fingerprint density at radius 1 is 1.54 bits per heavy atom. The van der Waals surface area contributed by atoms with Crippen molar-refractivity contribution >= 4 is 16.6 Å². The monoisotopic (exact) mass is 206 g/mol. The molecule has 4 heteroatoms. The molecule has 0 heterocycles. The Balaban J connectivity index is 3.63. The third-order valence-corrected chi connectivity index (χ3v) is 3.47. The first-order valence-electron chi connectivity index (χ1n) is 4.43. The molecule has 0 amide bonds. The van der Waals surface area contributed by atoms with Gasteiger partial charge < -0.3 is 4.74 Å². The number of hydrogen-bond donors (Lipinski definition) is 0. The predicted molar refractivity (Wildman–Crippen MR) is 54.3 cm³/mol. The fraction of sp³-hybridized carbons (Fsp3) is 0.889. The van der Waals surface area contributed by atoms with E-state index in [0.29, 0.717) is 18.8 Å². The van der Waals surface area contributed by atoms with Gasteiger partial charge in [-0.05, 0) is 13.3 Å². The lowest BCUT2D eigenvalue weighted by Crippen LogP contribution is -2.17. The molecule has 0 aromatic carbocycles. The van der Waals surface area contributed by atoms with Crippen molar-refractivity contribution in [2.45, 2.75) is 31.9 Å². The van der Waals surface area contributed by atoms with Crippen molar-refractivity contribution in [1.82, 2.24) is 0 Å². The second kappa shape index (κ2) is 7.21. The molecule has 0 rings (SSSR count). The second-order valence-corrected chi connectivity index (χ2v) is 5.12. The van der Waals surface area contributed by atoms with E-state index in [1.165, 1.54) is 6.92 Å². The molecule has 0 aromatic heterocycles. The Labute approximate surface area is 82.3 Å². The number of ether oxygens (including phenoxy) is 1. The van der Waals surface area contributed by atoms with Gasteiger partial charge in [0, 0.05) is 41.9 Å². The Morgan fingerprint density at radius 3 is 2.62 bits per heavy atom. The third kappa shape index (κ3) is 6.90. The summed E-state index contributed by atoms with van der Waals surface area (Å²) in [6.07, 6.45) is 1.21. The van der Waals surface area contributed by atoms with Crippen molar-refractivity contribution in [2.24, 2.45) is 0 Å². The first-order valence-corrected chi connectivity index (χ1v) is 5.81. The lowest BCUT2D eigenvalue weighted by Gasteiger charge is -2.08. The van der Waals surface area contributed by atoms with Crippen LogP contribution in [0.3, 0.4) is 0 Å². The molecule has 0 radical (unpaired) electrons. The lowest BCUT2D eigenvalue weighted by atomic mass is 10.2. The highest BCUT2D eigenvalue weighted by molar-refractivity contribution is 7.85. The molecule has 2 atom stereocenters. The van der Waals surface area contributed by atoms with Crippen LogP contribution in [0, 0.1) is 0 Å². The lowest BCUT2D eigenvalue weighted by molar-refractivity contribution is -0.116. The first kappa shape index (κ1) is 12.8. The number of carbonyl (C=O) groups is 1. The Hall–Kier alpha value is -0.220. The van der Waals surface area contributed by atoms with Crippen LogP contribution in [0.5, 0.6) is 0 Å². The van der Waals surface area contributed by atoms with Crippen LogP contribution in [0.1, 0.15) is 26.7 Å². The first-order chi connectivity index (χ1) is 6.07. The van der Waals surface area contributed by atoms with Crippen LogP contribution in [-0.2, 0) is 20.3 Å². The molecule has 0 bridgehead atoms. The van der Waals surface area contributed by atoms with Crippen LogP contribution in [0.25, 0.3) is 0 Å². The fourth-order valence-corrected chi connectivity index (χ4v) is 2.27. The summed E-state index contributed by atoms with van der Waals surface area (Å²) in [6.45, 7) is 4.02. The molecule has 78 valence electrons. The van der Waals surface area contributed by atoms with E-state index in [9.17, 15) is 9.00 Å². The second-order valence-electron chi connectivity index (χ2n) is 3.15. The van der Waals surface area contributed by atoms with Crippen LogP contribution in [-0.4, -0.2) is 34.7 Å². The number of Topliss-reactive ketones (excluding diaryl/α,β-unsaturated/α-hetero) is 1. The van der Waals surface area contributed by atoms with Crippen molar-refractivity contribution in [3.05, 3.63) is 0 Å². The molecule has 0 spiro atoms. The average molecular weight is 206 g/mol. The quantitative estimate of drug-likeness (QED) is 0.587. The Bertz CT molecular complexity index is 180. The van der Waals surface area contributed by atoms with Gasteiger partial charge >= 0.3 is 0 Å². The van der Waals surface area contributed by atoms with Crippen molar-refractivity contribution in [1.29, 1.82) is 0 Å². The summed E-state index contributed by atoms with van der Waals surface area (Å²) in [5.41, 5.74) is 0. The maximum absolute atomic E-state index is 11.5. The van der Waals surface area contributed by atoms with E-state index in [0.717, 1.165) is 6.42 Å². The summed E-state index contributed by atoms with van der Waals surface area (Å²) in [7, 11) is 0.739. The van der Waals surface area contributed by atoms with Gasteiger partial charge in [-0.2, -0.15) is 0 Å². The van der Waals surface area contributed by atoms with Gasteiger partial charge in [-0.1, -0.05) is 6.92 Å². The summed E-state index contributed by atoms with van der Waals surface area (Å²) in [5, 5.41) is -0.0191. The van der Waals surface area contributed by atoms with Crippen molar-refractivity contribution < 1.29 is 13.7 Å². The summed E-state index contributed by atoms with van der Waals surface area (Å²) >= 11 is 0. The van der Waals surface area contributed by atoms with E-state index in [2.05, 4.69) is 0 Å². The summed E-state index contributed by atoms with van der Waals surface area (Å²) < 4.78 is 16.3. The van der Waals surface area contributed by atoms with Crippen molar-refractivity contribution in [3.8, 4) is 0 Å². The molecule has 0 saturated heterocycles. The summed E-state index contributed by atoms with van der Waals surface area (Å²) in [5.74, 6) is 0.732. The topological polar surface area (TPSA) is 43.4 Å². The molecular weight excluding hydrogens is 188 g/mol. The Morgan fingerprint density at radius 2 is 2.15 bits per heavy atom. The molecule has 13 heavy (non-hydrogen) atoms. The molecule has 0 aliphatic rings. The minimum Gasteiger partial charge on any atom is -0.385 e. The van der Waals surface area contributed by atoms with E-state index >= 15 is 0 Å². The van der Waals surface area contributed by atoms with E-state index in [1.807, 2.05) is 6.92 Å². The van der Waals surface area contributed by atoms with Crippen LogP contribution in [0.4, 0.5) is 0 Å². The highest BCUT2D eigenvalue weighted by Gasteiger charge is 2.12. The van der Waals surface area contributed by atoms with Gasteiger partial charge in [0.25, 0.3) is 0 Å². The number of ketones is 1. The van der Waals surface area contributed by atoms with E-state index in [-0.39, 0.29) is 11.0 Å². The molecule has 0 aliphatic heterocycles. The van der Waals surface area contributed by atoms with E-state index in [4.69, 9.17) is 4.74 Å². The zero-order valence-corrected chi connectivity index (χ0v) is 9.36. The predicted octanol–water partition coefficient (Wildman–Crippen LogP) is 1.14. The molecular formula is C9H18O3S. The molecule has 0 aliphatic carbocycles. The van der Waals surface area contributed by atoms with Gasteiger partial charge in [-0.15, -0.1) is 0 Å². The van der Waals surface area contributed by atoms with Crippen LogP contribution in [0.2, 0.25) is 0 Å². The van der Waals surface area contributed by atoms with Crippen molar-refractivity contribution in [2.75, 3.05) is 19.5 Å². The van der Waals surface area contributed by atoms with Gasteiger partial charge in [0.2, 0.25) is 0 Å². The summed E-state index contributed by atoms with van der Waals surface area (Å²) in [6, 6.07) is 0. The number of rotatable bonds is 7. The molecule has 0 N–H and O–H groups in total. The smallest absolute Gasteiger partial charge is 0.131 e. The highest BCUT2D eigenvalue weighted by Crippen LogP contribution is 2.03. The molecule has 0 fully saturated rings. The minimum atomic E-state index is -0.888. The summed E-state index contributed by atoms with van der Waals surface area (Å²) in [4.78, 5) is 10.7. The largest absolute Gasteiger partial charge is 0.385 e. The van der Waals surface area contributed by atoms with E-state index in [1.54, 1.807) is 7.11 Å². The fourth-order valence-electron chi connectivity index (χ4n) is 1.04. The Kier molecular flexibility index (Phi) is 7.09. The highest BCUT2D eigenvalue weighted by atomic mass is 32.2. The number of hydrogen-bond acceptors (Lipinski definition) is 3. The number of methoxy groups -OCH3 is 1. The van der Waals surface area contributed by atoms with Gasteiger partial charge in [0.15, 0.2) is 0 Å². The van der Waals surface area contributed by atoms with Crippen LogP contribution < -0.4 is 0 Å². The van der Waals surface area contributed by atoms with Crippen LogP contribution >= 0.6 is 0 Å². The molecule has 0 aromatic rings.